The van der Waals surface area contributed by atoms with Gasteiger partial charge in [0, 0.05) is 25.5 Å². The molecule has 0 spiro atoms. The molecule has 0 aromatic heterocycles. The van der Waals surface area contributed by atoms with Crippen molar-refractivity contribution in [1.82, 2.24) is 9.80 Å². The molecule has 1 heterocycles. The third kappa shape index (κ3) is 2.56. The zero-order valence-corrected chi connectivity index (χ0v) is 11.4. The first-order valence-corrected chi connectivity index (χ1v) is 6.07. The fourth-order valence-electron chi connectivity index (χ4n) is 1.91. The Morgan fingerprint density at radius 2 is 1.90 bits per heavy atom. The lowest BCUT2D eigenvalue weighted by atomic mass is 10.2. The Labute approximate surface area is 116 Å². The second kappa shape index (κ2) is 5.20. The fourth-order valence-corrected chi connectivity index (χ4v) is 1.91. The Hall–Kier alpha value is -2.57. The Bertz CT molecular complexity index is 555. The van der Waals surface area contributed by atoms with Gasteiger partial charge in [-0.3, -0.25) is 14.5 Å². The summed E-state index contributed by atoms with van der Waals surface area (Å²) in [7, 11) is 3.11. The molecule has 1 aromatic carbocycles. The molecule has 1 saturated heterocycles. The number of hydrogen-bond donors (Lipinski definition) is 1. The highest BCUT2D eigenvalue weighted by atomic mass is 16.2. The van der Waals surface area contributed by atoms with Crippen molar-refractivity contribution in [1.29, 1.82) is 0 Å². The molecule has 0 saturated carbocycles. The lowest BCUT2D eigenvalue weighted by Gasteiger charge is -2.20. The standard InChI is InChI=1S/C13H16N4O3/c1-15-7-12(19)17(13(15)20)8-11(18)16(2)10-5-3-9(14)4-6-10/h3-6H,7-8,14H2,1-2H3. The van der Waals surface area contributed by atoms with Crippen molar-refractivity contribution in [3.05, 3.63) is 24.3 Å². The molecule has 0 unspecified atom stereocenters. The van der Waals surface area contributed by atoms with Gasteiger partial charge < -0.3 is 15.5 Å². The molecule has 2 rings (SSSR count). The first-order valence-electron chi connectivity index (χ1n) is 6.07. The molecule has 2 N–H and O–H groups in total. The van der Waals surface area contributed by atoms with Crippen molar-refractivity contribution in [2.24, 2.45) is 0 Å². The van der Waals surface area contributed by atoms with Crippen LogP contribution in [-0.2, 0) is 9.59 Å². The third-order valence-electron chi connectivity index (χ3n) is 3.18. The molecular formula is C13H16N4O3. The normalized spacial score (nSPS) is 14.9. The van der Waals surface area contributed by atoms with Gasteiger partial charge in [-0.25, -0.2) is 4.79 Å². The van der Waals surface area contributed by atoms with Gasteiger partial charge in [0.15, 0.2) is 0 Å². The maximum Gasteiger partial charge on any atom is 0.327 e. The van der Waals surface area contributed by atoms with Crippen LogP contribution in [0.2, 0.25) is 0 Å². The van der Waals surface area contributed by atoms with E-state index in [0.29, 0.717) is 11.4 Å². The minimum absolute atomic E-state index is 0.0116. The third-order valence-corrected chi connectivity index (χ3v) is 3.18. The van der Waals surface area contributed by atoms with Crippen LogP contribution in [0.25, 0.3) is 0 Å². The number of imide groups is 1. The summed E-state index contributed by atoms with van der Waals surface area (Å²) in [4.78, 5) is 39.0. The number of anilines is 2. The van der Waals surface area contributed by atoms with E-state index >= 15 is 0 Å². The fraction of sp³-hybridized carbons (Fsp3) is 0.308. The minimum atomic E-state index is -0.450. The molecular weight excluding hydrogens is 260 g/mol. The van der Waals surface area contributed by atoms with Gasteiger partial charge in [-0.15, -0.1) is 0 Å². The monoisotopic (exact) mass is 276 g/mol. The topological polar surface area (TPSA) is 87.0 Å². The molecule has 1 aliphatic rings. The zero-order valence-electron chi connectivity index (χ0n) is 11.4. The first-order chi connectivity index (χ1) is 9.40. The molecule has 0 bridgehead atoms. The Kier molecular flexibility index (Phi) is 3.60. The van der Waals surface area contributed by atoms with E-state index in [0.717, 1.165) is 4.90 Å². The number of nitrogen functional groups attached to an aromatic ring is 1. The average molecular weight is 276 g/mol. The number of likely N-dealkylation sites (N-methyl/N-ethyl adjacent to an activating group) is 2. The van der Waals surface area contributed by atoms with E-state index in [4.69, 9.17) is 5.73 Å². The first kappa shape index (κ1) is 13.9. The number of rotatable bonds is 3. The minimum Gasteiger partial charge on any atom is -0.399 e. The maximum absolute atomic E-state index is 12.1. The molecule has 0 aliphatic carbocycles. The second-order valence-corrected chi connectivity index (χ2v) is 4.66. The maximum atomic E-state index is 12.1. The largest absolute Gasteiger partial charge is 0.399 e. The molecule has 7 nitrogen and oxygen atoms in total. The molecule has 7 heteroatoms. The van der Waals surface area contributed by atoms with Gasteiger partial charge in [0.1, 0.15) is 13.1 Å². The van der Waals surface area contributed by atoms with Gasteiger partial charge in [-0.1, -0.05) is 0 Å². The smallest absolute Gasteiger partial charge is 0.327 e. The highest BCUT2D eigenvalue weighted by Crippen LogP contribution is 2.16. The van der Waals surface area contributed by atoms with E-state index < -0.39 is 6.03 Å². The number of carbonyl (C=O) groups is 3. The lowest BCUT2D eigenvalue weighted by molar-refractivity contribution is -0.129. The SMILES string of the molecule is CN1CC(=O)N(CC(=O)N(C)c2ccc(N)cc2)C1=O. The quantitative estimate of drug-likeness (QED) is 0.627. The summed E-state index contributed by atoms with van der Waals surface area (Å²) in [6, 6.07) is 6.31. The van der Waals surface area contributed by atoms with Gasteiger partial charge in [0.05, 0.1) is 0 Å². The lowest BCUT2D eigenvalue weighted by Crippen LogP contribution is -2.41. The van der Waals surface area contributed by atoms with E-state index in [2.05, 4.69) is 0 Å². The number of urea groups is 1. The van der Waals surface area contributed by atoms with Crippen LogP contribution in [-0.4, -0.2) is 54.8 Å². The van der Waals surface area contributed by atoms with Crippen LogP contribution >= 0.6 is 0 Å². The summed E-state index contributed by atoms with van der Waals surface area (Å²) in [6.45, 7) is -0.249. The van der Waals surface area contributed by atoms with E-state index in [1.54, 1.807) is 31.3 Å². The number of amides is 4. The van der Waals surface area contributed by atoms with E-state index in [1.807, 2.05) is 0 Å². The van der Waals surface area contributed by atoms with Crippen LogP contribution < -0.4 is 10.6 Å². The van der Waals surface area contributed by atoms with Crippen molar-refractivity contribution >= 4 is 29.2 Å². The summed E-state index contributed by atoms with van der Waals surface area (Å²) in [5, 5.41) is 0. The molecule has 1 aliphatic heterocycles. The number of hydrogen-bond acceptors (Lipinski definition) is 4. The van der Waals surface area contributed by atoms with Crippen LogP contribution in [0, 0.1) is 0 Å². The second-order valence-electron chi connectivity index (χ2n) is 4.66. The molecule has 1 aromatic rings. The number of nitrogens with two attached hydrogens (primary N) is 1. The van der Waals surface area contributed by atoms with Gasteiger partial charge in [0.2, 0.25) is 5.91 Å². The summed E-state index contributed by atoms with van der Waals surface area (Å²) in [5.74, 6) is -0.705. The van der Waals surface area contributed by atoms with Crippen LogP contribution in [0.15, 0.2) is 24.3 Å². The summed E-state index contributed by atoms with van der Waals surface area (Å²) in [5.41, 5.74) is 6.83. The van der Waals surface area contributed by atoms with Crippen LogP contribution in [0.3, 0.4) is 0 Å². The van der Waals surface area contributed by atoms with Crippen LogP contribution in [0.4, 0.5) is 16.2 Å². The number of carbonyl (C=O) groups excluding carboxylic acids is 3. The van der Waals surface area contributed by atoms with Crippen molar-refractivity contribution < 1.29 is 14.4 Å². The Morgan fingerprint density at radius 1 is 1.30 bits per heavy atom. The van der Waals surface area contributed by atoms with Crippen LogP contribution in [0.5, 0.6) is 0 Å². The van der Waals surface area contributed by atoms with Crippen molar-refractivity contribution in [3.63, 3.8) is 0 Å². The predicted molar refractivity (Wildman–Crippen MR) is 74.0 cm³/mol. The van der Waals surface area contributed by atoms with E-state index in [9.17, 15) is 14.4 Å². The van der Waals surface area contributed by atoms with Gasteiger partial charge in [-0.05, 0) is 24.3 Å². The summed E-state index contributed by atoms with van der Waals surface area (Å²) >= 11 is 0. The summed E-state index contributed by atoms with van der Waals surface area (Å²) in [6.07, 6.45) is 0. The molecule has 0 radical (unpaired) electrons. The van der Waals surface area contributed by atoms with Crippen molar-refractivity contribution in [3.8, 4) is 0 Å². The van der Waals surface area contributed by atoms with Gasteiger partial charge in [-0.2, -0.15) is 0 Å². The zero-order chi connectivity index (χ0) is 14.9. The number of benzene rings is 1. The predicted octanol–water partition coefficient (Wildman–Crippen LogP) is 0.126. The molecule has 20 heavy (non-hydrogen) atoms. The van der Waals surface area contributed by atoms with Gasteiger partial charge in [0.25, 0.3) is 5.91 Å². The van der Waals surface area contributed by atoms with Crippen molar-refractivity contribution in [2.75, 3.05) is 37.8 Å². The van der Waals surface area contributed by atoms with Crippen molar-refractivity contribution in [2.45, 2.75) is 0 Å². The van der Waals surface area contributed by atoms with E-state index in [-0.39, 0.29) is 24.9 Å². The molecule has 1 fully saturated rings. The molecule has 106 valence electrons. The van der Waals surface area contributed by atoms with Gasteiger partial charge >= 0.3 is 6.03 Å². The Balaban J connectivity index is 2.06. The Morgan fingerprint density at radius 3 is 2.40 bits per heavy atom. The molecule has 0 atom stereocenters. The van der Waals surface area contributed by atoms with E-state index in [1.165, 1.54) is 16.8 Å². The van der Waals surface area contributed by atoms with Crippen LogP contribution in [0.1, 0.15) is 0 Å². The summed E-state index contributed by atoms with van der Waals surface area (Å²) < 4.78 is 0. The molecule has 4 amide bonds. The average Bonchev–Trinajstić information content (AvgIpc) is 2.65. The highest BCUT2D eigenvalue weighted by molar-refractivity contribution is 6.06. The highest BCUT2D eigenvalue weighted by Gasteiger charge is 2.35. The number of nitrogens with zero attached hydrogens (tertiary/aromatic N) is 3.